The van der Waals surface area contributed by atoms with Crippen LogP contribution >= 0.6 is 15.9 Å². The van der Waals surface area contributed by atoms with Crippen LogP contribution < -0.4 is 10.2 Å². The van der Waals surface area contributed by atoms with Crippen LogP contribution in [0.2, 0.25) is 0 Å². The molecule has 7 nitrogen and oxygen atoms in total. The van der Waals surface area contributed by atoms with Gasteiger partial charge in [-0.3, -0.25) is 19.9 Å². The number of aryl methyl sites for hydroxylation is 1. The zero-order chi connectivity index (χ0) is 21.4. The van der Waals surface area contributed by atoms with E-state index in [1.807, 2.05) is 48.7 Å². The van der Waals surface area contributed by atoms with Gasteiger partial charge in [-0.05, 0) is 71.7 Å². The van der Waals surface area contributed by atoms with E-state index in [0.29, 0.717) is 5.56 Å². The van der Waals surface area contributed by atoms with E-state index < -0.39 is 17.8 Å². The summed E-state index contributed by atoms with van der Waals surface area (Å²) in [6.45, 7) is 3.86. The van der Waals surface area contributed by atoms with Gasteiger partial charge in [0, 0.05) is 22.1 Å². The van der Waals surface area contributed by atoms with Gasteiger partial charge in [0.25, 0.3) is 11.8 Å². The third-order valence-electron chi connectivity index (χ3n) is 4.87. The molecule has 1 saturated heterocycles. The molecule has 150 valence electrons. The van der Waals surface area contributed by atoms with Gasteiger partial charge in [0.05, 0.1) is 17.6 Å². The van der Waals surface area contributed by atoms with Gasteiger partial charge in [0.1, 0.15) is 5.57 Å². The molecule has 0 atom stereocenters. The molecule has 1 aromatic carbocycles. The van der Waals surface area contributed by atoms with Crippen LogP contribution in [0.3, 0.4) is 0 Å². The molecule has 30 heavy (non-hydrogen) atoms. The van der Waals surface area contributed by atoms with Crippen molar-refractivity contribution in [3.63, 3.8) is 0 Å². The number of anilines is 1. The Morgan fingerprint density at radius 3 is 2.53 bits per heavy atom. The van der Waals surface area contributed by atoms with Crippen molar-refractivity contribution in [2.45, 2.75) is 13.8 Å². The van der Waals surface area contributed by atoms with Crippen LogP contribution in [-0.2, 0) is 9.59 Å². The molecule has 1 aliphatic rings. The highest BCUT2D eigenvalue weighted by atomic mass is 79.9. The van der Waals surface area contributed by atoms with Crippen molar-refractivity contribution >= 4 is 45.5 Å². The number of nitrogens with zero attached hydrogens (tertiary/aromatic N) is 3. The summed E-state index contributed by atoms with van der Waals surface area (Å²) in [5.74, 6) is -1.42. The number of aromatic nitrogens is 2. The smallest absolute Gasteiger partial charge is 0.317 e. The summed E-state index contributed by atoms with van der Waals surface area (Å²) in [5, 5.41) is 2.23. The van der Waals surface area contributed by atoms with Crippen molar-refractivity contribution in [3.05, 3.63) is 81.9 Å². The normalized spacial score (nSPS) is 15.6. The lowest BCUT2D eigenvalue weighted by atomic mass is 10.1. The molecule has 0 unspecified atom stereocenters. The van der Waals surface area contributed by atoms with Gasteiger partial charge in [-0.1, -0.05) is 12.1 Å². The first kappa shape index (κ1) is 19.8. The zero-order valence-electron chi connectivity index (χ0n) is 16.2. The second-order valence-corrected chi connectivity index (χ2v) is 7.64. The summed E-state index contributed by atoms with van der Waals surface area (Å²) in [6, 6.07) is 12.1. The quantitative estimate of drug-likeness (QED) is 0.470. The Labute approximate surface area is 181 Å². The van der Waals surface area contributed by atoms with Gasteiger partial charge in [0.15, 0.2) is 0 Å². The van der Waals surface area contributed by atoms with E-state index in [0.717, 1.165) is 26.4 Å². The number of barbiturate groups is 1. The molecule has 1 N–H and O–H groups in total. The van der Waals surface area contributed by atoms with Gasteiger partial charge < -0.3 is 4.57 Å². The highest BCUT2D eigenvalue weighted by Crippen LogP contribution is 2.28. The topological polar surface area (TPSA) is 84.3 Å². The van der Waals surface area contributed by atoms with Crippen LogP contribution in [-0.4, -0.2) is 27.4 Å². The molecule has 3 heterocycles. The molecule has 0 bridgehead atoms. The largest absolute Gasteiger partial charge is 0.336 e. The number of pyridine rings is 1. The molecule has 0 radical (unpaired) electrons. The number of carbonyl (C=O) groups excluding carboxylic acids is 3. The first-order chi connectivity index (χ1) is 14.4. The Balaban J connectivity index is 1.79. The van der Waals surface area contributed by atoms with Crippen molar-refractivity contribution in [1.29, 1.82) is 0 Å². The summed E-state index contributed by atoms with van der Waals surface area (Å²) in [4.78, 5) is 42.6. The molecule has 3 aromatic rings. The van der Waals surface area contributed by atoms with Crippen molar-refractivity contribution in [2.24, 2.45) is 0 Å². The van der Waals surface area contributed by atoms with Crippen molar-refractivity contribution in [2.75, 3.05) is 4.90 Å². The van der Waals surface area contributed by atoms with Crippen molar-refractivity contribution < 1.29 is 14.4 Å². The van der Waals surface area contributed by atoms with Crippen LogP contribution in [0.1, 0.15) is 17.0 Å². The van der Waals surface area contributed by atoms with Crippen LogP contribution in [0.25, 0.3) is 11.8 Å². The van der Waals surface area contributed by atoms with E-state index in [-0.39, 0.29) is 11.3 Å². The van der Waals surface area contributed by atoms with Crippen LogP contribution in [0, 0.1) is 13.8 Å². The Kier molecular flexibility index (Phi) is 5.09. The molecule has 0 aliphatic carbocycles. The molecule has 1 fully saturated rings. The summed E-state index contributed by atoms with van der Waals surface area (Å²) >= 11 is 3.56. The second-order valence-electron chi connectivity index (χ2n) is 6.78. The number of urea groups is 1. The molecule has 4 rings (SSSR count). The summed E-state index contributed by atoms with van der Waals surface area (Å²) in [6.07, 6.45) is 4.45. The highest BCUT2D eigenvalue weighted by molar-refractivity contribution is 9.10. The lowest BCUT2D eigenvalue weighted by Gasteiger charge is -2.26. The number of rotatable bonds is 3. The summed E-state index contributed by atoms with van der Waals surface area (Å²) in [5.41, 5.74) is 3.63. The Bertz CT molecular complexity index is 1210. The predicted octanol–water partition coefficient (Wildman–Crippen LogP) is 3.92. The first-order valence-corrected chi connectivity index (χ1v) is 9.93. The molecular weight excluding hydrogens is 448 g/mol. The van der Waals surface area contributed by atoms with Gasteiger partial charge in [-0.15, -0.1) is 0 Å². The predicted molar refractivity (Wildman–Crippen MR) is 116 cm³/mol. The number of nitrogens with one attached hydrogen (secondary N) is 1. The number of benzene rings is 1. The van der Waals surface area contributed by atoms with E-state index in [4.69, 9.17) is 0 Å². The van der Waals surface area contributed by atoms with E-state index in [1.165, 1.54) is 18.5 Å². The third-order valence-corrected chi connectivity index (χ3v) is 5.54. The van der Waals surface area contributed by atoms with E-state index >= 15 is 0 Å². The number of amides is 4. The third kappa shape index (κ3) is 3.35. The van der Waals surface area contributed by atoms with Crippen LogP contribution in [0.15, 0.2) is 64.9 Å². The molecule has 8 heteroatoms. The minimum Gasteiger partial charge on any atom is -0.317 e. The van der Waals surface area contributed by atoms with Crippen LogP contribution in [0.5, 0.6) is 0 Å². The summed E-state index contributed by atoms with van der Waals surface area (Å²) in [7, 11) is 0. The van der Waals surface area contributed by atoms with E-state index in [9.17, 15) is 14.4 Å². The Morgan fingerprint density at radius 1 is 1.07 bits per heavy atom. The minimum absolute atomic E-state index is 0.120. The standard InChI is InChI=1S/C22H17BrN4O3/c1-13-10-15(14(2)26(13)19-8-4-3-7-18(19)23)11-17-20(28)25-22(30)27(21(17)29)16-6-5-9-24-12-16/h3-12H,1-2H3,(H,25,28,30)/b17-11+. The second kappa shape index (κ2) is 7.72. The Morgan fingerprint density at radius 2 is 1.83 bits per heavy atom. The van der Waals surface area contributed by atoms with Crippen molar-refractivity contribution in [3.8, 4) is 5.69 Å². The number of carbonyl (C=O) groups is 3. The fourth-order valence-corrected chi connectivity index (χ4v) is 3.93. The van der Waals surface area contributed by atoms with E-state index in [2.05, 4.69) is 26.2 Å². The van der Waals surface area contributed by atoms with Gasteiger partial charge in [0.2, 0.25) is 0 Å². The monoisotopic (exact) mass is 464 g/mol. The van der Waals surface area contributed by atoms with Crippen LogP contribution in [0.4, 0.5) is 10.5 Å². The maximum Gasteiger partial charge on any atom is 0.336 e. The minimum atomic E-state index is -0.797. The lowest BCUT2D eigenvalue weighted by molar-refractivity contribution is -0.122. The van der Waals surface area contributed by atoms with Gasteiger partial charge >= 0.3 is 6.03 Å². The first-order valence-electron chi connectivity index (χ1n) is 9.14. The SMILES string of the molecule is Cc1cc(/C=C2\C(=O)NC(=O)N(c3cccnc3)C2=O)c(C)n1-c1ccccc1Br. The molecule has 2 aromatic heterocycles. The maximum atomic E-state index is 13.0. The van der Waals surface area contributed by atoms with Gasteiger partial charge in [-0.25, -0.2) is 9.69 Å². The maximum absolute atomic E-state index is 13.0. The number of halogens is 1. The molecule has 1 aliphatic heterocycles. The Hall–Kier alpha value is -3.52. The van der Waals surface area contributed by atoms with Gasteiger partial charge in [-0.2, -0.15) is 0 Å². The molecule has 4 amide bonds. The molecule has 0 spiro atoms. The zero-order valence-corrected chi connectivity index (χ0v) is 17.8. The average Bonchev–Trinajstić information content (AvgIpc) is 2.99. The summed E-state index contributed by atoms with van der Waals surface area (Å²) < 4.78 is 2.96. The molecule has 0 saturated carbocycles. The van der Waals surface area contributed by atoms with E-state index in [1.54, 1.807) is 12.1 Å². The van der Waals surface area contributed by atoms with Crippen molar-refractivity contribution in [1.82, 2.24) is 14.9 Å². The average molecular weight is 465 g/mol. The fourth-order valence-electron chi connectivity index (χ4n) is 3.47. The number of hydrogen-bond donors (Lipinski definition) is 1. The number of para-hydroxylation sites is 1. The lowest BCUT2D eigenvalue weighted by Crippen LogP contribution is -2.54. The highest BCUT2D eigenvalue weighted by Gasteiger charge is 2.37. The molecular formula is C22H17BrN4O3. The fraction of sp³-hybridized carbons (Fsp3) is 0.0909. The number of imide groups is 2. The number of hydrogen-bond acceptors (Lipinski definition) is 4.